The van der Waals surface area contributed by atoms with Gasteiger partial charge in [-0.05, 0) is 12.1 Å². The summed E-state index contributed by atoms with van der Waals surface area (Å²) in [6.45, 7) is 0. The van der Waals surface area contributed by atoms with Crippen molar-refractivity contribution < 1.29 is 8.42 Å². The summed E-state index contributed by atoms with van der Waals surface area (Å²) >= 11 is 0. The Labute approximate surface area is 121 Å². The van der Waals surface area contributed by atoms with Gasteiger partial charge in [0.2, 0.25) is 5.03 Å². The van der Waals surface area contributed by atoms with Crippen molar-refractivity contribution in [3.63, 3.8) is 0 Å². The van der Waals surface area contributed by atoms with Crippen molar-refractivity contribution in [1.82, 2.24) is 19.2 Å². The number of anilines is 2. The largest absolute Gasteiger partial charge is 0.371 e. The summed E-state index contributed by atoms with van der Waals surface area (Å²) < 4.78 is 30.7. The molecule has 0 fully saturated rings. The zero-order chi connectivity index (χ0) is 15.0. The quantitative estimate of drug-likeness (QED) is 0.747. The molecule has 0 aliphatic heterocycles. The average Bonchev–Trinajstić information content (AvgIpc) is 3.01. The zero-order valence-corrected chi connectivity index (χ0v) is 12.3. The second-order valence-corrected chi connectivity index (χ2v) is 6.02. The maximum absolute atomic E-state index is 12.6. The lowest BCUT2D eigenvalue weighted by atomic mass is 10.5. The standard InChI is InChI=1S/C12H14N6O2S/c1-13-11-12(18-7-4-3-5-10(18)14-11)21(19,20)16-9-6-8-17(2)15-9/h3-8,13H,1-2H3,(H,15,16). The normalized spacial score (nSPS) is 11.7. The molecule has 0 atom stereocenters. The van der Waals surface area contributed by atoms with Crippen molar-refractivity contribution in [2.75, 3.05) is 17.1 Å². The molecular weight excluding hydrogens is 292 g/mol. The number of hydrogen-bond acceptors (Lipinski definition) is 5. The van der Waals surface area contributed by atoms with Crippen LogP contribution in [-0.2, 0) is 17.1 Å². The van der Waals surface area contributed by atoms with Crippen molar-refractivity contribution in [3.05, 3.63) is 36.7 Å². The molecule has 3 rings (SSSR count). The van der Waals surface area contributed by atoms with Crippen LogP contribution >= 0.6 is 0 Å². The molecule has 0 aromatic carbocycles. The van der Waals surface area contributed by atoms with Crippen molar-refractivity contribution in [2.45, 2.75) is 5.03 Å². The zero-order valence-electron chi connectivity index (χ0n) is 11.5. The smallest absolute Gasteiger partial charge is 0.282 e. The van der Waals surface area contributed by atoms with Crippen LogP contribution in [0.1, 0.15) is 0 Å². The van der Waals surface area contributed by atoms with Gasteiger partial charge in [-0.25, -0.2) is 4.98 Å². The molecule has 21 heavy (non-hydrogen) atoms. The highest BCUT2D eigenvalue weighted by Crippen LogP contribution is 2.24. The molecule has 110 valence electrons. The molecule has 0 amide bonds. The van der Waals surface area contributed by atoms with E-state index in [-0.39, 0.29) is 16.7 Å². The molecule has 0 aliphatic carbocycles. The third-order valence-electron chi connectivity index (χ3n) is 2.93. The molecule has 0 radical (unpaired) electrons. The lowest BCUT2D eigenvalue weighted by molar-refractivity contribution is 0.596. The molecule has 3 aromatic heterocycles. The maximum Gasteiger partial charge on any atom is 0.282 e. The SMILES string of the molecule is CNc1nc2ccccn2c1S(=O)(=O)Nc1ccn(C)n1. The number of aryl methyl sites for hydroxylation is 1. The summed E-state index contributed by atoms with van der Waals surface area (Å²) in [5.41, 5.74) is 0.545. The van der Waals surface area contributed by atoms with Crippen LogP contribution in [0.15, 0.2) is 41.7 Å². The first-order chi connectivity index (χ1) is 10.0. The molecule has 8 nitrogen and oxygen atoms in total. The summed E-state index contributed by atoms with van der Waals surface area (Å²) in [4.78, 5) is 4.25. The van der Waals surface area contributed by atoms with Gasteiger partial charge in [0.25, 0.3) is 10.0 Å². The Bertz CT molecular complexity index is 896. The summed E-state index contributed by atoms with van der Waals surface area (Å²) in [5, 5.41) is 6.87. The van der Waals surface area contributed by atoms with E-state index in [4.69, 9.17) is 0 Å². The van der Waals surface area contributed by atoms with E-state index in [1.165, 1.54) is 9.08 Å². The fourth-order valence-electron chi connectivity index (χ4n) is 2.05. The fraction of sp³-hybridized carbons (Fsp3) is 0.167. The first-order valence-corrected chi connectivity index (χ1v) is 7.67. The van der Waals surface area contributed by atoms with Gasteiger partial charge in [0, 0.05) is 32.6 Å². The number of hydrogen-bond donors (Lipinski definition) is 2. The van der Waals surface area contributed by atoms with E-state index in [9.17, 15) is 8.42 Å². The van der Waals surface area contributed by atoms with E-state index < -0.39 is 10.0 Å². The van der Waals surface area contributed by atoms with E-state index in [1.54, 1.807) is 50.8 Å². The minimum Gasteiger partial charge on any atom is -0.371 e. The van der Waals surface area contributed by atoms with Crippen LogP contribution in [-0.4, -0.2) is 34.6 Å². The molecule has 0 unspecified atom stereocenters. The molecule has 0 saturated carbocycles. The third kappa shape index (κ3) is 2.31. The van der Waals surface area contributed by atoms with Gasteiger partial charge in [0.1, 0.15) is 5.65 Å². The highest BCUT2D eigenvalue weighted by Gasteiger charge is 2.25. The van der Waals surface area contributed by atoms with Gasteiger partial charge < -0.3 is 5.32 Å². The predicted octanol–water partition coefficient (Wildman–Crippen LogP) is 0.910. The number of rotatable bonds is 4. The predicted molar refractivity (Wildman–Crippen MR) is 78.8 cm³/mol. The van der Waals surface area contributed by atoms with E-state index in [0.29, 0.717) is 5.65 Å². The Balaban J connectivity index is 2.13. The number of nitrogens with zero attached hydrogens (tertiary/aromatic N) is 4. The molecule has 0 saturated heterocycles. The number of nitrogens with one attached hydrogen (secondary N) is 2. The summed E-state index contributed by atoms with van der Waals surface area (Å²) in [6, 6.07) is 6.86. The van der Waals surface area contributed by atoms with E-state index >= 15 is 0 Å². The Morgan fingerprint density at radius 3 is 2.67 bits per heavy atom. The van der Waals surface area contributed by atoms with Gasteiger partial charge in [-0.1, -0.05) is 6.07 Å². The first-order valence-electron chi connectivity index (χ1n) is 6.18. The van der Waals surface area contributed by atoms with Crippen LogP contribution in [0.25, 0.3) is 5.65 Å². The van der Waals surface area contributed by atoms with E-state index in [0.717, 1.165) is 0 Å². The molecular formula is C12H14N6O2S. The van der Waals surface area contributed by atoms with Crippen LogP contribution in [0.2, 0.25) is 0 Å². The van der Waals surface area contributed by atoms with Crippen LogP contribution in [0, 0.1) is 0 Å². The number of fused-ring (bicyclic) bond motifs is 1. The molecule has 0 spiro atoms. The number of sulfonamides is 1. The molecule has 3 aromatic rings. The van der Waals surface area contributed by atoms with Gasteiger partial charge in [-0.3, -0.25) is 13.8 Å². The molecule has 3 heterocycles. The van der Waals surface area contributed by atoms with Gasteiger partial charge >= 0.3 is 0 Å². The van der Waals surface area contributed by atoms with Crippen LogP contribution < -0.4 is 10.0 Å². The second kappa shape index (κ2) is 4.77. The van der Waals surface area contributed by atoms with Gasteiger partial charge in [-0.2, -0.15) is 13.5 Å². The number of pyridine rings is 1. The third-order valence-corrected chi connectivity index (χ3v) is 4.31. The highest BCUT2D eigenvalue weighted by atomic mass is 32.2. The molecule has 9 heteroatoms. The van der Waals surface area contributed by atoms with Crippen LogP contribution in [0.5, 0.6) is 0 Å². The van der Waals surface area contributed by atoms with E-state index in [2.05, 4.69) is 20.1 Å². The number of imidazole rings is 1. The molecule has 0 bridgehead atoms. The van der Waals surface area contributed by atoms with Crippen molar-refractivity contribution in [3.8, 4) is 0 Å². The topological polar surface area (TPSA) is 93.3 Å². The Kier molecular flexibility index (Phi) is 3.05. The van der Waals surface area contributed by atoms with Crippen molar-refractivity contribution in [1.29, 1.82) is 0 Å². The monoisotopic (exact) mass is 306 g/mol. The van der Waals surface area contributed by atoms with Crippen molar-refractivity contribution in [2.24, 2.45) is 7.05 Å². The lowest BCUT2D eigenvalue weighted by Gasteiger charge is -2.07. The average molecular weight is 306 g/mol. The fourth-order valence-corrected chi connectivity index (χ4v) is 3.34. The number of aromatic nitrogens is 4. The Hall–Kier alpha value is -2.55. The van der Waals surface area contributed by atoms with Gasteiger partial charge in [0.15, 0.2) is 11.6 Å². The van der Waals surface area contributed by atoms with Crippen LogP contribution in [0.3, 0.4) is 0 Å². The van der Waals surface area contributed by atoms with Crippen LogP contribution in [0.4, 0.5) is 11.6 Å². The summed E-state index contributed by atoms with van der Waals surface area (Å²) in [7, 11) is -0.474. The molecule has 0 aliphatic rings. The van der Waals surface area contributed by atoms with E-state index in [1.807, 2.05) is 0 Å². The lowest BCUT2D eigenvalue weighted by Crippen LogP contribution is -2.17. The summed E-state index contributed by atoms with van der Waals surface area (Å²) in [6.07, 6.45) is 3.31. The Morgan fingerprint density at radius 2 is 2.00 bits per heavy atom. The first kappa shape index (κ1) is 13.4. The maximum atomic E-state index is 12.6. The minimum absolute atomic E-state index is 0.0475. The summed E-state index contributed by atoms with van der Waals surface area (Å²) in [5.74, 6) is 0.537. The molecule has 2 N–H and O–H groups in total. The Morgan fingerprint density at radius 1 is 1.19 bits per heavy atom. The van der Waals surface area contributed by atoms with Crippen molar-refractivity contribution >= 4 is 27.3 Å². The second-order valence-electron chi connectivity index (χ2n) is 4.42. The minimum atomic E-state index is -3.81. The highest BCUT2D eigenvalue weighted by molar-refractivity contribution is 7.92. The van der Waals surface area contributed by atoms with Gasteiger partial charge in [-0.15, -0.1) is 0 Å². The van der Waals surface area contributed by atoms with Gasteiger partial charge in [0.05, 0.1) is 0 Å².